The van der Waals surface area contributed by atoms with Crippen LogP contribution in [0.2, 0.25) is 0 Å². The normalized spacial score (nSPS) is 13.5. The van der Waals surface area contributed by atoms with E-state index in [2.05, 4.69) is 37.7 Å². The van der Waals surface area contributed by atoms with Crippen molar-refractivity contribution in [3.05, 3.63) is 32.4 Å². The number of carbonyl (C=O) groups is 1. The number of nitrogens with one attached hydrogen (secondary N) is 2. The Kier molecular flexibility index (Phi) is 5.51. The van der Waals surface area contributed by atoms with Crippen LogP contribution < -0.4 is 10.6 Å². The SMILES string of the molecule is Cn1ncc(Br)c1C(=O)NC(=S)Nc1sc2c(c1C#N)CCCCC2. The highest BCUT2D eigenvalue weighted by molar-refractivity contribution is 9.10. The van der Waals surface area contributed by atoms with E-state index in [4.69, 9.17) is 12.2 Å². The molecular formula is C16H16BrN5OS2. The maximum absolute atomic E-state index is 12.4. The highest BCUT2D eigenvalue weighted by Gasteiger charge is 2.21. The molecule has 2 N–H and O–H groups in total. The first-order chi connectivity index (χ1) is 12.0. The molecule has 0 spiro atoms. The lowest BCUT2D eigenvalue weighted by Gasteiger charge is -2.09. The largest absolute Gasteiger partial charge is 0.323 e. The Hall–Kier alpha value is -1.76. The van der Waals surface area contributed by atoms with E-state index in [0.29, 0.717) is 20.7 Å². The molecule has 0 aliphatic heterocycles. The number of thiophene rings is 1. The molecule has 2 heterocycles. The second kappa shape index (κ2) is 7.64. The fourth-order valence-electron chi connectivity index (χ4n) is 2.91. The van der Waals surface area contributed by atoms with Crippen molar-refractivity contribution in [2.24, 2.45) is 7.05 Å². The van der Waals surface area contributed by atoms with Crippen molar-refractivity contribution in [2.45, 2.75) is 32.1 Å². The van der Waals surface area contributed by atoms with Crippen LogP contribution in [-0.2, 0) is 19.9 Å². The first kappa shape index (κ1) is 18.0. The lowest BCUT2D eigenvalue weighted by molar-refractivity contribution is 0.0968. The fourth-order valence-corrected chi connectivity index (χ4v) is 4.94. The first-order valence-corrected chi connectivity index (χ1v) is 9.87. The van der Waals surface area contributed by atoms with Crippen LogP contribution in [0.15, 0.2) is 10.7 Å². The zero-order chi connectivity index (χ0) is 18.0. The van der Waals surface area contributed by atoms with Gasteiger partial charge in [0.15, 0.2) is 5.11 Å². The summed E-state index contributed by atoms with van der Waals surface area (Å²) in [5.41, 5.74) is 2.17. The summed E-state index contributed by atoms with van der Waals surface area (Å²) in [5, 5.41) is 20.1. The number of nitrogens with zero attached hydrogens (tertiary/aromatic N) is 3. The molecule has 0 fully saturated rings. The summed E-state index contributed by atoms with van der Waals surface area (Å²) in [7, 11) is 1.68. The third-order valence-electron chi connectivity index (χ3n) is 4.10. The summed E-state index contributed by atoms with van der Waals surface area (Å²) in [4.78, 5) is 13.6. The third kappa shape index (κ3) is 3.76. The van der Waals surface area contributed by atoms with Gasteiger partial charge in [-0.05, 0) is 59.4 Å². The molecule has 130 valence electrons. The van der Waals surface area contributed by atoms with E-state index in [0.717, 1.165) is 31.2 Å². The van der Waals surface area contributed by atoms with E-state index >= 15 is 0 Å². The minimum atomic E-state index is -0.360. The molecule has 2 aromatic heterocycles. The van der Waals surface area contributed by atoms with Gasteiger partial charge in [-0.25, -0.2) is 0 Å². The fraction of sp³-hybridized carbons (Fsp3) is 0.375. The predicted octanol–water partition coefficient (Wildman–Crippen LogP) is 3.51. The molecular weight excluding hydrogens is 422 g/mol. The first-order valence-electron chi connectivity index (χ1n) is 7.85. The van der Waals surface area contributed by atoms with Crippen LogP contribution in [0.25, 0.3) is 0 Å². The Balaban J connectivity index is 1.75. The summed E-state index contributed by atoms with van der Waals surface area (Å²) in [6, 6.07) is 2.29. The van der Waals surface area contributed by atoms with Crippen molar-refractivity contribution in [3.8, 4) is 6.07 Å². The topological polar surface area (TPSA) is 82.7 Å². The van der Waals surface area contributed by atoms with E-state index in [-0.39, 0.29) is 11.0 Å². The van der Waals surface area contributed by atoms with Gasteiger partial charge in [-0.1, -0.05) is 6.42 Å². The minimum Gasteiger partial charge on any atom is -0.323 e. The van der Waals surface area contributed by atoms with Crippen molar-refractivity contribution in [1.82, 2.24) is 15.1 Å². The average molecular weight is 438 g/mol. The second-order valence-corrected chi connectivity index (χ2v) is 8.12. The zero-order valence-corrected chi connectivity index (χ0v) is 16.8. The number of hydrogen-bond acceptors (Lipinski definition) is 5. The van der Waals surface area contributed by atoms with Crippen molar-refractivity contribution < 1.29 is 4.79 Å². The number of fused-ring (bicyclic) bond motifs is 1. The molecule has 0 saturated heterocycles. The van der Waals surface area contributed by atoms with Crippen LogP contribution in [0.5, 0.6) is 0 Å². The van der Waals surface area contributed by atoms with Gasteiger partial charge in [0, 0.05) is 11.9 Å². The van der Waals surface area contributed by atoms with Gasteiger partial charge in [-0.2, -0.15) is 10.4 Å². The summed E-state index contributed by atoms with van der Waals surface area (Å²) >= 11 is 10.1. The Labute approximate surface area is 163 Å². The van der Waals surface area contributed by atoms with E-state index in [1.807, 2.05) is 0 Å². The minimum absolute atomic E-state index is 0.172. The summed E-state index contributed by atoms with van der Waals surface area (Å²) < 4.78 is 2.06. The van der Waals surface area contributed by atoms with Gasteiger partial charge in [-0.3, -0.25) is 14.8 Å². The summed E-state index contributed by atoms with van der Waals surface area (Å²) in [6.45, 7) is 0. The molecule has 2 aromatic rings. The van der Waals surface area contributed by atoms with Gasteiger partial charge in [-0.15, -0.1) is 11.3 Å². The van der Waals surface area contributed by atoms with Gasteiger partial charge in [0.1, 0.15) is 16.8 Å². The maximum atomic E-state index is 12.4. The van der Waals surface area contributed by atoms with Crippen molar-refractivity contribution in [2.75, 3.05) is 5.32 Å². The molecule has 0 radical (unpaired) electrons. The van der Waals surface area contributed by atoms with E-state index < -0.39 is 0 Å². The van der Waals surface area contributed by atoms with Gasteiger partial charge in [0.25, 0.3) is 5.91 Å². The summed E-state index contributed by atoms with van der Waals surface area (Å²) in [6.07, 6.45) is 6.93. The van der Waals surface area contributed by atoms with Crippen LogP contribution in [0.1, 0.15) is 45.8 Å². The Bertz CT molecular complexity index is 860. The molecule has 9 heteroatoms. The molecule has 0 atom stereocenters. The molecule has 1 aliphatic carbocycles. The number of hydrogen-bond donors (Lipinski definition) is 2. The van der Waals surface area contributed by atoms with Crippen LogP contribution in [0.4, 0.5) is 5.00 Å². The number of carbonyl (C=O) groups excluding carboxylic acids is 1. The third-order valence-corrected chi connectivity index (χ3v) is 6.09. The van der Waals surface area contributed by atoms with Gasteiger partial charge < -0.3 is 5.32 Å². The van der Waals surface area contributed by atoms with Crippen LogP contribution in [0, 0.1) is 11.3 Å². The molecule has 0 bridgehead atoms. The average Bonchev–Trinajstić information content (AvgIpc) is 2.96. The predicted molar refractivity (Wildman–Crippen MR) is 105 cm³/mol. The lowest BCUT2D eigenvalue weighted by atomic mass is 10.1. The van der Waals surface area contributed by atoms with Gasteiger partial charge in [0.2, 0.25) is 0 Å². The molecule has 25 heavy (non-hydrogen) atoms. The van der Waals surface area contributed by atoms with E-state index in [9.17, 15) is 10.1 Å². The molecule has 1 amide bonds. The number of anilines is 1. The lowest BCUT2D eigenvalue weighted by Crippen LogP contribution is -2.35. The van der Waals surface area contributed by atoms with E-state index in [1.54, 1.807) is 24.6 Å². The van der Waals surface area contributed by atoms with Crippen LogP contribution in [0.3, 0.4) is 0 Å². The number of aryl methyl sites for hydroxylation is 2. The van der Waals surface area contributed by atoms with Crippen LogP contribution in [-0.4, -0.2) is 20.8 Å². The molecule has 0 aromatic carbocycles. The monoisotopic (exact) mass is 437 g/mol. The number of halogens is 1. The van der Waals surface area contributed by atoms with E-state index in [1.165, 1.54) is 16.0 Å². The van der Waals surface area contributed by atoms with Gasteiger partial charge in [0.05, 0.1) is 16.2 Å². The number of amides is 1. The standard InChI is InChI=1S/C16H16BrN5OS2/c1-22-13(11(17)8-19-22)14(23)20-16(24)21-15-10(7-18)9-5-3-2-4-6-12(9)25-15/h8H,2-6H2,1H3,(H2,20,21,23,24). The summed E-state index contributed by atoms with van der Waals surface area (Å²) in [5.74, 6) is -0.360. The number of aromatic nitrogens is 2. The second-order valence-electron chi connectivity index (χ2n) is 5.75. The quantitative estimate of drug-likeness (QED) is 0.554. The molecule has 1 aliphatic rings. The van der Waals surface area contributed by atoms with Crippen molar-refractivity contribution in [3.63, 3.8) is 0 Å². The van der Waals surface area contributed by atoms with Crippen molar-refractivity contribution in [1.29, 1.82) is 5.26 Å². The number of thiocarbonyl (C=S) groups is 1. The van der Waals surface area contributed by atoms with Gasteiger partial charge >= 0.3 is 0 Å². The van der Waals surface area contributed by atoms with Crippen LogP contribution >= 0.6 is 39.5 Å². The highest BCUT2D eigenvalue weighted by atomic mass is 79.9. The maximum Gasteiger partial charge on any atom is 0.276 e. The zero-order valence-electron chi connectivity index (χ0n) is 13.6. The molecule has 0 unspecified atom stereocenters. The Morgan fingerprint density at radius 3 is 2.88 bits per heavy atom. The molecule has 0 saturated carbocycles. The molecule has 3 rings (SSSR count). The molecule has 6 nitrogen and oxygen atoms in total. The highest BCUT2D eigenvalue weighted by Crippen LogP contribution is 2.36. The van der Waals surface area contributed by atoms with Crippen molar-refractivity contribution >= 4 is 55.5 Å². The number of rotatable bonds is 2. The smallest absolute Gasteiger partial charge is 0.276 e. The Morgan fingerprint density at radius 2 is 2.20 bits per heavy atom. The number of nitriles is 1. The Morgan fingerprint density at radius 1 is 1.44 bits per heavy atom.